The number of hydrogen-bond acceptors (Lipinski definition) is 4. The highest BCUT2D eigenvalue weighted by Gasteiger charge is 2.35. The second-order valence-corrected chi connectivity index (χ2v) is 8.03. The van der Waals surface area contributed by atoms with Crippen LogP contribution in [0.25, 0.3) is 0 Å². The molecule has 2 aliphatic rings. The van der Waals surface area contributed by atoms with Gasteiger partial charge in [-0.1, -0.05) is 12.1 Å². The third-order valence-corrected chi connectivity index (χ3v) is 5.98. The molecular formula is C22H36IN3O3. The molecule has 0 saturated carbocycles. The van der Waals surface area contributed by atoms with Gasteiger partial charge >= 0.3 is 0 Å². The van der Waals surface area contributed by atoms with Crippen LogP contribution in [-0.4, -0.2) is 58.1 Å². The minimum atomic E-state index is -0.0942. The van der Waals surface area contributed by atoms with Gasteiger partial charge < -0.3 is 24.8 Å². The van der Waals surface area contributed by atoms with Gasteiger partial charge in [-0.3, -0.25) is 4.99 Å². The topological polar surface area (TPSA) is 64.1 Å². The number of nitrogens with zero attached hydrogens (tertiary/aromatic N) is 1. The molecule has 2 N–H and O–H groups in total. The summed E-state index contributed by atoms with van der Waals surface area (Å²) in [5.74, 6) is 1.75. The first kappa shape index (κ1) is 24.2. The van der Waals surface area contributed by atoms with Crippen molar-refractivity contribution in [2.24, 2.45) is 4.99 Å². The van der Waals surface area contributed by atoms with Gasteiger partial charge in [0.1, 0.15) is 5.75 Å². The van der Waals surface area contributed by atoms with Gasteiger partial charge in [0, 0.05) is 45.4 Å². The normalized spacial score (nSPS) is 23.9. The van der Waals surface area contributed by atoms with E-state index in [2.05, 4.69) is 46.8 Å². The van der Waals surface area contributed by atoms with E-state index in [4.69, 9.17) is 14.2 Å². The Labute approximate surface area is 192 Å². The van der Waals surface area contributed by atoms with E-state index in [0.717, 1.165) is 70.3 Å². The summed E-state index contributed by atoms with van der Waals surface area (Å²) >= 11 is 0. The van der Waals surface area contributed by atoms with Crippen molar-refractivity contribution in [2.45, 2.75) is 50.5 Å². The minimum Gasteiger partial charge on any atom is -0.494 e. The van der Waals surface area contributed by atoms with E-state index in [1.165, 1.54) is 5.56 Å². The zero-order chi connectivity index (χ0) is 19.9. The van der Waals surface area contributed by atoms with Crippen LogP contribution in [0, 0.1) is 0 Å². The third kappa shape index (κ3) is 6.46. The van der Waals surface area contributed by atoms with Crippen molar-refractivity contribution >= 4 is 29.9 Å². The van der Waals surface area contributed by atoms with E-state index in [1.807, 2.05) is 14.0 Å². The molecular weight excluding hydrogens is 481 g/mol. The lowest BCUT2D eigenvalue weighted by Gasteiger charge is -2.38. The fourth-order valence-corrected chi connectivity index (χ4v) is 4.12. The summed E-state index contributed by atoms with van der Waals surface area (Å²) < 4.78 is 17.1. The molecule has 1 atom stereocenters. The second-order valence-electron chi connectivity index (χ2n) is 8.03. The Hall–Kier alpha value is -1.06. The number of rotatable bonds is 7. The van der Waals surface area contributed by atoms with Crippen LogP contribution < -0.4 is 15.4 Å². The molecule has 164 valence electrons. The van der Waals surface area contributed by atoms with Gasteiger partial charge in [0.05, 0.1) is 12.2 Å². The Bertz CT molecular complexity index is 639. The number of halogens is 1. The fourth-order valence-electron chi connectivity index (χ4n) is 4.12. The molecule has 2 aliphatic heterocycles. The number of ether oxygens (including phenoxy) is 3. The molecule has 3 rings (SSSR count). The second kappa shape index (κ2) is 11.4. The highest BCUT2D eigenvalue weighted by Crippen LogP contribution is 2.35. The lowest BCUT2D eigenvalue weighted by molar-refractivity contribution is 0.0242. The van der Waals surface area contributed by atoms with Gasteiger partial charge in [-0.15, -0.1) is 24.0 Å². The molecule has 2 saturated heterocycles. The number of nitrogens with one attached hydrogen (secondary N) is 2. The van der Waals surface area contributed by atoms with Crippen molar-refractivity contribution in [2.75, 3.05) is 46.6 Å². The van der Waals surface area contributed by atoms with Gasteiger partial charge in [-0.25, -0.2) is 0 Å². The van der Waals surface area contributed by atoms with Crippen molar-refractivity contribution in [3.8, 4) is 5.75 Å². The van der Waals surface area contributed by atoms with Gasteiger partial charge in [-0.2, -0.15) is 0 Å². The Balaban J connectivity index is 0.00000300. The van der Waals surface area contributed by atoms with Crippen molar-refractivity contribution < 1.29 is 14.2 Å². The smallest absolute Gasteiger partial charge is 0.191 e. The van der Waals surface area contributed by atoms with Gasteiger partial charge in [-0.05, 0) is 57.2 Å². The van der Waals surface area contributed by atoms with Crippen molar-refractivity contribution in [3.63, 3.8) is 0 Å². The molecule has 0 amide bonds. The first-order valence-corrected chi connectivity index (χ1v) is 10.5. The van der Waals surface area contributed by atoms with Gasteiger partial charge in [0.2, 0.25) is 0 Å². The van der Waals surface area contributed by atoms with Crippen LogP contribution in [0.3, 0.4) is 0 Å². The predicted molar refractivity (Wildman–Crippen MR) is 128 cm³/mol. The zero-order valence-electron chi connectivity index (χ0n) is 18.0. The zero-order valence-corrected chi connectivity index (χ0v) is 20.3. The van der Waals surface area contributed by atoms with Crippen molar-refractivity contribution in [1.29, 1.82) is 0 Å². The van der Waals surface area contributed by atoms with Gasteiger partial charge in [0.15, 0.2) is 5.96 Å². The molecule has 1 aromatic carbocycles. The fraction of sp³-hybridized carbons (Fsp3) is 0.682. The number of hydrogen-bond donors (Lipinski definition) is 2. The number of benzene rings is 1. The molecule has 2 heterocycles. The largest absolute Gasteiger partial charge is 0.494 e. The van der Waals surface area contributed by atoms with Crippen LogP contribution in [0.4, 0.5) is 0 Å². The Morgan fingerprint density at radius 2 is 1.76 bits per heavy atom. The van der Waals surface area contributed by atoms with E-state index in [-0.39, 0.29) is 35.0 Å². The molecule has 1 aromatic rings. The van der Waals surface area contributed by atoms with E-state index in [9.17, 15) is 0 Å². The van der Waals surface area contributed by atoms with Gasteiger partial charge in [0.25, 0.3) is 0 Å². The molecule has 29 heavy (non-hydrogen) atoms. The van der Waals surface area contributed by atoms with Crippen LogP contribution in [0.1, 0.15) is 45.1 Å². The summed E-state index contributed by atoms with van der Waals surface area (Å²) in [5, 5.41) is 7.00. The maximum absolute atomic E-state index is 5.88. The van der Waals surface area contributed by atoms with E-state index < -0.39 is 0 Å². The lowest BCUT2D eigenvalue weighted by atomic mass is 9.74. The van der Waals surface area contributed by atoms with Crippen molar-refractivity contribution in [1.82, 2.24) is 10.6 Å². The molecule has 2 fully saturated rings. The van der Waals surface area contributed by atoms with Crippen LogP contribution in [0.2, 0.25) is 0 Å². The number of guanidine groups is 1. The van der Waals surface area contributed by atoms with E-state index >= 15 is 0 Å². The maximum Gasteiger partial charge on any atom is 0.191 e. The SMILES string of the molecule is CCOc1ccc(C2(CNC(=NC)NCC3(C)CCCO3)CCOCC2)cc1.I. The van der Waals surface area contributed by atoms with Crippen LogP contribution >= 0.6 is 24.0 Å². The minimum absolute atomic E-state index is 0. The summed E-state index contributed by atoms with van der Waals surface area (Å²) in [6.07, 6.45) is 4.20. The molecule has 6 nitrogen and oxygen atoms in total. The Morgan fingerprint density at radius 3 is 2.34 bits per heavy atom. The first-order chi connectivity index (χ1) is 13.6. The first-order valence-electron chi connectivity index (χ1n) is 10.5. The van der Waals surface area contributed by atoms with Crippen LogP contribution in [0.15, 0.2) is 29.3 Å². The summed E-state index contributed by atoms with van der Waals surface area (Å²) in [5.41, 5.74) is 1.27. The Kier molecular flexibility index (Phi) is 9.49. The van der Waals surface area contributed by atoms with Crippen molar-refractivity contribution in [3.05, 3.63) is 29.8 Å². The molecule has 0 radical (unpaired) electrons. The highest BCUT2D eigenvalue weighted by molar-refractivity contribution is 14.0. The third-order valence-electron chi connectivity index (χ3n) is 5.98. The van der Waals surface area contributed by atoms with Crippen LogP contribution in [-0.2, 0) is 14.9 Å². The highest BCUT2D eigenvalue weighted by atomic mass is 127. The summed E-state index contributed by atoms with van der Waals surface area (Å²) in [4.78, 5) is 4.42. The molecule has 0 bridgehead atoms. The summed E-state index contributed by atoms with van der Waals surface area (Å²) in [6.45, 7) is 8.87. The molecule has 7 heteroatoms. The quantitative estimate of drug-likeness (QED) is 0.330. The molecule has 0 spiro atoms. The van der Waals surface area contributed by atoms with E-state index in [1.54, 1.807) is 0 Å². The molecule has 1 unspecified atom stereocenters. The monoisotopic (exact) mass is 517 g/mol. The standard InChI is InChI=1S/C22H35N3O3.HI/c1-4-27-19-8-6-18(7-9-19)22(11-14-26-15-12-22)17-25-20(23-3)24-16-21(2)10-5-13-28-21;/h6-9H,4-5,10-17H2,1-3H3,(H2,23,24,25);1H. The maximum atomic E-state index is 5.88. The summed E-state index contributed by atoms with van der Waals surface area (Å²) in [7, 11) is 1.82. The number of aliphatic imine (C=N–C) groups is 1. The molecule has 0 aliphatic carbocycles. The summed E-state index contributed by atoms with van der Waals surface area (Å²) in [6, 6.07) is 8.53. The Morgan fingerprint density at radius 1 is 1.07 bits per heavy atom. The van der Waals surface area contributed by atoms with Crippen LogP contribution in [0.5, 0.6) is 5.75 Å². The average Bonchev–Trinajstić information content (AvgIpc) is 3.16. The average molecular weight is 517 g/mol. The molecule has 0 aromatic heterocycles. The lowest BCUT2D eigenvalue weighted by Crippen LogP contribution is -2.50. The van der Waals surface area contributed by atoms with E-state index in [0.29, 0.717) is 6.61 Å². The predicted octanol–water partition coefficient (Wildman–Crippen LogP) is 3.49.